The minimum atomic E-state index is 0.0317. The van der Waals surface area contributed by atoms with Crippen molar-refractivity contribution >= 4 is 29.0 Å². The molecular formula is C18H21NO2S2. The Balaban J connectivity index is 1.61. The summed E-state index contributed by atoms with van der Waals surface area (Å²) in [6, 6.07) is 12.4. The van der Waals surface area contributed by atoms with Gasteiger partial charge in [-0.1, -0.05) is 18.2 Å². The Morgan fingerprint density at radius 3 is 2.70 bits per heavy atom. The number of ether oxygens (including phenoxy) is 1. The van der Waals surface area contributed by atoms with E-state index in [0.29, 0.717) is 13.0 Å². The summed E-state index contributed by atoms with van der Waals surface area (Å²) >= 11 is 3.50. The maximum atomic E-state index is 12.2. The first-order valence-electron chi connectivity index (χ1n) is 7.85. The van der Waals surface area contributed by atoms with Gasteiger partial charge in [0.25, 0.3) is 0 Å². The molecule has 0 atom stereocenters. The van der Waals surface area contributed by atoms with Crippen molar-refractivity contribution in [3.05, 3.63) is 52.7 Å². The smallest absolute Gasteiger partial charge is 0.224 e. The van der Waals surface area contributed by atoms with Crippen molar-refractivity contribution in [1.82, 2.24) is 5.32 Å². The Morgan fingerprint density at radius 1 is 1.22 bits per heavy atom. The summed E-state index contributed by atoms with van der Waals surface area (Å²) < 4.78 is 5.56. The second kappa shape index (κ2) is 7.99. The lowest BCUT2D eigenvalue weighted by Gasteiger charge is -2.36. The lowest BCUT2D eigenvalue weighted by Crippen LogP contribution is -2.44. The fourth-order valence-electron chi connectivity index (χ4n) is 2.70. The average Bonchev–Trinajstić information content (AvgIpc) is 3.08. The molecule has 0 unspecified atom stereocenters. The third-order valence-corrected chi connectivity index (χ3v) is 6.26. The molecule has 1 fully saturated rings. The minimum absolute atomic E-state index is 0.0317. The first-order chi connectivity index (χ1) is 11.3. The third kappa shape index (κ3) is 4.83. The Morgan fingerprint density at radius 2 is 2.00 bits per heavy atom. The lowest BCUT2D eigenvalue weighted by molar-refractivity contribution is -0.120. The van der Waals surface area contributed by atoms with Crippen LogP contribution >= 0.6 is 23.1 Å². The number of hydrogen-bond donors (Lipinski definition) is 1. The summed E-state index contributed by atoms with van der Waals surface area (Å²) in [6.07, 6.45) is 2.39. The quantitative estimate of drug-likeness (QED) is 0.865. The predicted molar refractivity (Wildman–Crippen MR) is 96.1 cm³/mol. The van der Waals surface area contributed by atoms with Crippen molar-refractivity contribution in [2.24, 2.45) is 0 Å². The topological polar surface area (TPSA) is 38.3 Å². The number of rotatable bonds is 6. The van der Waals surface area contributed by atoms with Crippen LogP contribution in [0, 0.1) is 0 Å². The monoisotopic (exact) mass is 347 g/mol. The van der Waals surface area contributed by atoms with Gasteiger partial charge in [-0.3, -0.25) is 4.79 Å². The van der Waals surface area contributed by atoms with Crippen LogP contribution in [0.25, 0.3) is 0 Å². The van der Waals surface area contributed by atoms with E-state index in [1.165, 1.54) is 4.90 Å². The Hall–Kier alpha value is -1.30. The molecule has 5 heteroatoms. The first kappa shape index (κ1) is 16.6. The van der Waals surface area contributed by atoms with Gasteiger partial charge in [0, 0.05) is 29.4 Å². The SMILES string of the molecule is O=C(Cc1ccsc1)NCC1(Sc2ccccc2)CCOCC1. The highest BCUT2D eigenvalue weighted by Gasteiger charge is 2.34. The number of carbonyl (C=O) groups is 1. The van der Waals surface area contributed by atoms with Crippen LogP contribution in [0.2, 0.25) is 0 Å². The molecule has 1 aromatic heterocycles. The molecule has 0 aliphatic carbocycles. The fraction of sp³-hybridized carbons (Fsp3) is 0.389. The highest BCUT2D eigenvalue weighted by atomic mass is 32.2. The van der Waals surface area contributed by atoms with E-state index < -0.39 is 0 Å². The highest BCUT2D eigenvalue weighted by Crippen LogP contribution is 2.40. The molecule has 1 N–H and O–H groups in total. The van der Waals surface area contributed by atoms with Crippen molar-refractivity contribution in [1.29, 1.82) is 0 Å². The van der Waals surface area contributed by atoms with E-state index in [1.807, 2.05) is 34.7 Å². The molecule has 23 heavy (non-hydrogen) atoms. The van der Waals surface area contributed by atoms with Crippen LogP contribution < -0.4 is 5.32 Å². The standard InChI is InChI=1S/C18H21NO2S2/c20-17(12-15-6-11-22-13-15)19-14-18(7-9-21-10-8-18)23-16-4-2-1-3-5-16/h1-6,11,13H,7-10,12,14H2,(H,19,20). The average molecular weight is 348 g/mol. The normalized spacial score (nSPS) is 16.9. The van der Waals surface area contributed by atoms with Gasteiger partial charge in [0.1, 0.15) is 0 Å². The highest BCUT2D eigenvalue weighted by molar-refractivity contribution is 8.00. The number of benzene rings is 1. The molecule has 2 aromatic rings. The molecule has 1 amide bonds. The number of hydrogen-bond acceptors (Lipinski definition) is 4. The van der Waals surface area contributed by atoms with E-state index in [4.69, 9.17) is 4.74 Å². The van der Waals surface area contributed by atoms with E-state index in [0.717, 1.165) is 31.6 Å². The minimum Gasteiger partial charge on any atom is -0.381 e. The van der Waals surface area contributed by atoms with Crippen molar-refractivity contribution in [2.75, 3.05) is 19.8 Å². The molecule has 1 aliphatic heterocycles. The molecule has 1 aliphatic rings. The van der Waals surface area contributed by atoms with E-state index in [9.17, 15) is 4.79 Å². The first-order valence-corrected chi connectivity index (χ1v) is 9.61. The molecule has 3 rings (SSSR count). The second-order valence-electron chi connectivity index (χ2n) is 5.80. The molecular weight excluding hydrogens is 326 g/mol. The maximum absolute atomic E-state index is 12.2. The summed E-state index contributed by atoms with van der Waals surface area (Å²) in [6.45, 7) is 2.22. The van der Waals surface area contributed by atoms with Gasteiger partial charge in [0.2, 0.25) is 5.91 Å². The van der Waals surface area contributed by atoms with E-state index in [1.54, 1.807) is 11.3 Å². The Labute approximate surface area is 145 Å². The molecule has 3 nitrogen and oxygen atoms in total. The predicted octanol–water partition coefficient (Wildman–Crippen LogP) is 3.75. The Bertz CT molecular complexity index is 607. The van der Waals surface area contributed by atoms with Crippen LogP contribution in [-0.2, 0) is 16.0 Å². The third-order valence-electron chi connectivity index (χ3n) is 4.03. The molecule has 1 saturated heterocycles. The van der Waals surface area contributed by atoms with Crippen molar-refractivity contribution in [2.45, 2.75) is 28.9 Å². The summed E-state index contributed by atoms with van der Waals surface area (Å²) in [5.41, 5.74) is 1.09. The zero-order valence-electron chi connectivity index (χ0n) is 13.0. The number of thiophene rings is 1. The Kier molecular flexibility index (Phi) is 5.75. The summed E-state index contributed by atoms with van der Waals surface area (Å²) in [4.78, 5) is 13.5. The van der Waals surface area contributed by atoms with Crippen LogP contribution in [0.5, 0.6) is 0 Å². The van der Waals surface area contributed by atoms with Crippen LogP contribution in [0.15, 0.2) is 52.1 Å². The number of thioether (sulfide) groups is 1. The molecule has 0 radical (unpaired) electrons. The summed E-state index contributed by atoms with van der Waals surface area (Å²) in [5, 5.41) is 7.18. The van der Waals surface area contributed by atoms with Crippen LogP contribution in [0.1, 0.15) is 18.4 Å². The number of carbonyl (C=O) groups excluding carboxylic acids is 1. The second-order valence-corrected chi connectivity index (χ2v) is 8.12. The van der Waals surface area contributed by atoms with Crippen LogP contribution in [0.3, 0.4) is 0 Å². The summed E-state index contributed by atoms with van der Waals surface area (Å²) in [5.74, 6) is 0.0999. The molecule has 1 aromatic carbocycles. The number of nitrogens with one attached hydrogen (secondary N) is 1. The van der Waals surface area contributed by atoms with Crippen molar-refractivity contribution in [3.63, 3.8) is 0 Å². The van der Waals surface area contributed by atoms with Gasteiger partial charge in [0.05, 0.1) is 6.42 Å². The molecule has 0 spiro atoms. The molecule has 2 heterocycles. The van der Waals surface area contributed by atoms with Gasteiger partial charge in [-0.25, -0.2) is 0 Å². The van der Waals surface area contributed by atoms with Gasteiger partial charge >= 0.3 is 0 Å². The van der Waals surface area contributed by atoms with Gasteiger partial charge in [0.15, 0.2) is 0 Å². The zero-order valence-corrected chi connectivity index (χ0v) is 14.6. The van der Waals surface area contributed by atoms with Crippen LogP contribution in [0.4, 0.5) is 0 Å². The largest absolute Gasteiger partial charge is 0.381 e. The van der Waals surface area contributed by atoms with Crippen LogP contribution in [-0.4, -0.2) is 30.4 Å². The van der Waals surface area contributed by atoms with Crippen molar-refractivity contribution in [3.8, 4) is 0 Å². The van der Waals surface area contributed by atoms with Gasteiger partial charge < -0.3 is 10.1 Å². The van der Waals surface area contributed by atoms with Gasteiger partial charge in [-0.15, -0.1) is 11.8 Å². The molecule has 0 saturated carbocycles. The van der Waals surface area contributed by atoms with E-state index >= 15 is 0 Å². The molecule has 122 valence electrons. The maximum Gasteiger partial charge on any atom is 0.224 e. The van der Waals surface area contributed by atoms with E-state index in [-0.39, 0.29) is 10.7 Å². The van der Waals surface area contributed by atoms with Gasteiger partial charge in [-0.05, 0) is 47.4 Å². The lowest BCUT2D eigenvalue weighted by atomic mass is 9.99. The number of amides is 1. The fourth-order valence-corrected chi connectivity index (χ4v) is 4.67. The molecule has 0 bridgehead atoms. The summed E-state index contributed by atoms with van der Waals surface area (Å²) in [7, 11) is 0. The van der Waals surface area contributed by atoms with E-state index in [2.05, 4.69) is 29.6 Å². The van der Waals surface area contributed by atoms with Crippen molar-refractivity contribution < 1.29 is 9.53 Å². The van der Waals surface area contributed by atoms with Gasteiger partial charge in [-0.2, -0.15) is 11.3 Å². The zero-order chi connectivity index (χ0) is 16.0.